The third-order valence-corrected chi connectivity index (χ3v) is 1.95. The molecule has 0 aromatic carbocycles. The molecule has 1 fully saturated rings. The van der Waals surface area contributed by atoms with Crippen LogP contribution in [0, 0.1) is 0 Å². The van der Waals surface area contributed by atoms with Crippen LogP contribution in [0.25, 0.3) is 0 Å². The molecule has 0 aliphatic carbocycles. The second-order valence-corrected chi connectivity index (χ2v) is 2.88. The fourth-order valence-corrected chi connectivity index (χ4v) is 1.32. The van der Waals surface area contributed by atoms with Gasteiger partial charge in [-0.2, -0.15) is 0 Å². The maximum Gasteiger partial charge on any atom is 0.0593 e. The second-order valence-electron chi connectivity index (χ2n) is 2.88. The summed E-state index contributed by atoms with van der Waals surface area (Å²) < 4.78 is 5.30. The number of aliphatic hydroxyl groups is 1. The van der Waals surface area contributed by atoms with Crippen LogP contribution in [-0.4, -0.2) is 49.5 Å². The normalized spacial score (nSPS) is 18.7. The van der Waals surface area contributed by atoms with Crippen molar-refractivity contribution in [3.8, 4) is 0 Å². The molecule has 1 rings (SSSR count). The lowest BCUT2D eigenvalue weighted by Crippen LogP contribution is -2.27. The molecule has 1 N–H and O–H groups in total. The lowest BCUT2D eigenvalue weighted by atomic mass is 10.3. The van der Waals surface area contributed by atoms with Crippen molar-refractivity contribution in [2.75, 3.05) is 39.5 Å². The van der Waals surface area contributed by atoms with Crippen LogP contribution in [-0.2, 0) is 4.74 Å². The van der Waals surface area contributed by atoms with E-state index in [-0.39, 0.29) is 0 Å². The Balaban J connectivity index is 0.000000671. The number of aliphatic hydroxyl groups excluding tert-OH is 1. The standard InChI is InChI=1S/C8H17NO2.C2H6/c10-6-1-3-9-4-2-7-11-8-5-9;1-2/h10H,1-8H2;1-2H3. The average Bonchev–Trinajstić information content (AvgIpc) is 2.46. The quantitative estimate of drug-likeness (QED) is 0.722. The van der Waals surface area contributed by atoms with Crippen molar-refractivity contribution in [1.29, 1.82) is 0 Å². The molecular formula is C10H23NO2. The predicted molar refractivity (Wildman–Crippen MR) is 54.9 cm³/mol. The first-order valence-electron chi connectivity index (χ1n) is 5.34. The van der Waals surface area contributed by atoms with E-state index in [1.807, 2.05) is 13.8 Å². The van der Waals surface area contributed by atoms with Crippen molar-refractivity contribution in [3.05, 3.63) is 0 Å². The van der Waals surface area contributed by atoms with E-state index in [4.69, 9.17) is 9.84 Å². The summed E-state index contributed by atoms with van der Waals surface area (Å²) in [5.41, 5.74) is 0. The number of ether oxygens (including phenoxy) is 1. The van der Waals surface area contributed by atoms with E-state index in [1.54, 1.807) is 0 Å². The highest BCUT2D eigenvalue weighted by Gasteiger charge is 2.07. The summed E-state index contributed by atoms with van der Waals surface area (Å²) in [7, 11) is 0. The largest absolute Gasteiger partial charge is 0.396 e. The van der Waals surface area contributed by atoms with E-state index >= 15 is 0 Å². The molecular weight excluding hydrogens is 166 g/mol. The summed E-state index contributed by atoms with van der Waals surface area (Å²) in [6, 6.07) is 0. The predicted octanol–water partition coefficient (Wildman–Crippen LogP) is 1.12. The summed E-state index contributed by atoms with van der Waals surface area (Å²) in [6.07, 6.45) is 2.02. The van der Waals surface area contributed by atoms with Crippen LogP contribution in [0.5, 0.6) is 0 Å². The van der Waals surface area contributed by atoms with Gasteiger partial charge in [0.15, 0.2) is 0 Å². The van der Waals surface area contributed by atoms with Crippen LogP contribution < -0.4 is 0 Å². The number of hydrogen-bond acceptors (Lipinski definition) is 3. The Hall–Kier alpha value is -0.120. The van der Waals surface area contributed by atoms with E-state index in [0.717, 1.165) is 45.7 Å². The Labute approximate surface area is 81.7 Å². The minimum Gasteiger partial charge on any atom is -0.396 e. The Kier molecular flexibility index (Phi) is 9.87. The van der Waals surface area contributed by atoms with Gasteiger partial charge in [0, 0.05) is 32.8 Å². The molecule has 0 saturated carbocycles. The van der Waals surface area contributed by atoms with Crippen LogP contribution in [0.1, 0.15) is 26.7 Å². The Morgan fingerprint density at radius 1 is 1.23 bits per heavy atom. The van der Waals surface area contributed by atoms with Gasteiger partial charge in [0.2, 0.25) is 0 Å². The molecule has 0 radical (unpaired) electrons. The van der Waals surface area contributed by atoms with Gasteiger partial charge in [0.1, 0.15) is 0 Å². The molecule has 0 spiro atoms. The van der Waals surface area contributed by atoms with Crippen LogP contribution in [0.15, 0.2) is 0 Å². The summed E-state index contributed by atoms with van der Waals surface area (Å²) in [6.45, 7) is 9.22. The van der Waals surface area contributed by atoms with Crippen LogP contribution in [0.4, 0.5) is 0 Å². The van der Waals surface area contributed by atoms with E-state index in [9.17, 15) is 0 Å². The molecule has 80 valence electrons. The molecule has 0 aromatic rings. The molecule has 0 atom stereocenters. The van der Waals surface area contributed by atoms with Gasteiger partial charge in [-0.1, -0.05) is 13.8 Å². The minimum atomic E-state index is 0.303. The lowest BCUT2D eigenvalue weighted by molar-refractivity contribution is 0.139. The summed E-state index contributed by atoms with van der Waals surface area (Å²) in [5.74, 6) is 0. The molecule has 3 heteroatoms. The molecule has 1 heterocycles. The van der Waals surface area contributed by atoms with Crippen molar-refractivity contribution in [1.82, 2.24) is 4.90 Å². The van der Waals surface area contributed by atoms with E-state index in [1.165, 1.54) is 0 Å². The first-order chi connectivity index (χ1) is 6.43. The fourth-order valence-electron chi connectivity index (χ4n) is 1.32. The summed E-state index contributed by atoms with van der Waals surface area (Å²) >= 11 is 0. The van der Waals surface area contributed by atoms with Gasteiger partial charge < -0.3 is 14.7 Å². The van der Waals surface area contributed by atoms with E-state index < -0.39 is 0 Å². The summed E-state index contributed by atoms with van der Waals surface area (Å²) in [5, 5.41) is 8.61. The summed E-state index contributed by atoms with van der Waals surface area (Å²) in [4.78, 5) is 2.35. The minimum absolute atomic E-state index is 0.303. The van der Waals surface area contributed by atoms with Gasteiger partial charge in [0.05, 0.1) is 6.61 Å². The number of rotatable bonds is 3. The SMILES string of the molecule is CC.OCCCN1CCCOCC1. The zero-order valence-electron chi connectivity index (χ0n) is 8.96. The molecule has 13 heavy (non-hydrogen) atoms. The van der Waals surface area contributed by atoms with Crippen LogP contribution in [0.3, 0.4) is 0 Å². The topological polar surface area (TPSA) is 32.7 Å². The van der Waals surface area contributed by atoms with Gasteiger partial charge in [0.25, 0.3) is 0 Å². The van der Waals surface area contributed by atoms with Gasteiger partial charge in [-0.05, 0) is 12.8 Å². The molecule has 1 aliphatic heterocycles. The number of hydrogen-bond donors (Lipinski definition) is 1. The van der Waals surface area contributed by atoms with Crippen molar-refractivity contribution < 1.29 is 9.84 Å². The van der Waals surface area contributed by atoms with E-state index in [0.29, 0.717) is 6.61 Å². The average molecular weight is 189 g/mol. The Morgan fingerprint density at radius 3 is 2.69 bits per heavy atom. The van der Waals surface area contributed by atoms with Crippen LogP contribution >= 0.6 is 0 Å². The third kappa shape index (κ3) is 6.99. The molecule has 1 aliphatic rings. The first-order valence-corrected chi connectivity index (χ1v) is 5.34. The molecule has 0 amide bonds. The lowest BCUT2D eigenvalue weighted by Gasteiger charge is -2.17. The van der Waals surface area contributed by atoms with Crippen molar-refractivity contribution in [2.45, 2.75) is 26.7 Å². The monoisotopic (exact) mass is 189 g/mol. The van der Waals surface area contributed by atoms with Crippen molar-refractivity contribution in [3.63, 3.8) is 0 Å². The maximum absolute atomic E-state index is 8.61. The highest BCUT2D eigenvalue weighted by molar-refractivity contribution is 4.60. The number of nitrogens with zero attached hydrogens (tertiary/aromatic N) is 1. The molecule has 0 bridgehead atoms. The third-order valence-electron chi connectivity index (χ3n) is 1.95. The first kappa shape index (κ1) is 12.9. The van der Waals surface area contributed by atoms with Gasteiger partial charge in [-0.15, -0.1) is 0 Å². The zero-order valence-corrected chi connectivity index (χ0v) is 8.96. The van der Waals surface area contributed by atoms with Crippen molar-refractivity contribution in [2.24, 2.45) is 0 Å². The molecule has 0 aromatic heterocycles. The second kappa shape index (κ2) is 9.96. The fraction of sp³-hybridized carbons (Fsp3) is 1.00. The zero-order chi connectivity index (χ0) is 9.94. The molecule has 0 unspecified atom stereocenters. The van der Waals surface area contributed by atoms with Crippen molar-refractivity contribution >= 4 is 0 Å². The van der Waals surface area contributed by atoms with Gasteiger partial charge >= 0.3 is 0 Å². The molecule has 1 saturated heterocycles. The smallest absolute Gasteiger partial charge is 0.0593 e. The highest BCUT2D eigenvalue weighted by Crippen LogP contribution is 1.99. The maximum atomic E-state index is 8.61. The Bertz CT molecular complexity index is 90.9. The molecule has 3 nitrogen and oxygen atoms in total. The van der Waals surface area contributed by atoms with Crippen LogP contribution in [0.2, 0.25) is 0 Å². The Morgan fingerprint density at radius 2 is 2.00 bits per heavy atom. The highest BCUT2D eigenvalue weighted by atomic mass is 16.5. The van der Waals surface area contributed by atoms with Gasteiger partial charge in [-0.25, -0.2) is 0 Å². The van der Waals surface area contributed by atoms with Gasteiger partial charge in [-0.3, -0.25) is 0 Å². The van der Waals surface area contributed by atoms with E-state index in [2.05, 4.69) is 4.90 Å².